The molecule has 3 N–H and O–H groups in total. The van der Waals surface area contributed by atoms with Crippen LogP contribution in [0.1, 0.15) is 20.7 Å². The molecule has 0 unspecified atom stereocenters. The average Bonchev–Trinajstić information content (AvgIpc) is 3.67. The Bertz CT molecular complexity index is 1950. The molecule has 0 atom stereocenters. The molecule has 0 aliphatic carbocycles. The highest BCUT2D eigenvalue weighted by molar-refractivity contribution is 7.13. The Morgan fingerprint density at radius 1 is 0.805 bits per heavy atom. The van der Waals surface area contributed by atoms with E-state index in [0.29, 0.717) is 43.2 Å². The first kappa shape index (κ1) is 29.2. The summed E-state index contributed by atoms with van der Waals surface area (Å²) >= 11 is 8.11. The van der Waals surface area contributed by atoms with Gasteiger partial charge in [-0.2, -0.15) is 0 Å². The number of nitrogens with two attached hydrogens (primary N) is 1. The molecule has 6 rings (SSSR count). The SMILES string of the molecule is Cn1cnc2cc(C(=O)Cl)ccc2c1=O.Cn1cnc2cc(C(=O)Nc3nccs3)ccc2c1=O.Nc1nccs1. The van der Waals surface area contributed by atoms with Crippen LogP contribution in [0.15, 0.2) is 81.8 Å². The monoisotopic (exact) mass is 608 g/mol. The van der Waals surface area contributed by atoms with Gasteiger partial charge in [0.15, 0.2) is 10.3 Å². The maximum absolute atomic E-state index is 12.1. The number of nitrogens with one attached hydrogen (secondary N) is 1. The zero-order chi connectivity index (χ0) is 29.5. The number of anilines is 2. The van der Waals surface area contributed by atoms with Crippen molar-refractivity contribution in [3.63, 3.8) is 0 Å². The van der Waals surface area contributed by atoms with Crippen molar-refractivity contribution < 1.29 is 9.59 Å². The smallest absolute Gasteiger partial charge is 0.260 e. The lowest BCUT2D eigenvalue weighted by atomic mass is 10.1. The lowest BCUT2D eigenvalue weighted by Gasteiger charge is -2.04. The first-order valence-corrected chi connectivity index (χ1v) is 13.7. The number of aryl methyl sites for hydroxylation is 2. The zero-order valence-corrected chi connectivity index (χ0v) is 23.9. The standard InChI is InChI=1S/C13H10N4O2S.C10H7ClN2O2.C3H4N2S/c1-17-7-15-10-6-8(2-3-9(10)12(17)19)11(18)16-13-14-4-5-20-13;1-13-5-12-8-4-6(9(11)14)2-3-7(8)10(13)15;4-3-5-1-2-6-3/h2-7H,1H3,(H,14,16,18);2-5H,1H3;1-2H,(H2,4,5). The fourth-order valence-electron chi connectivity index (χ4n) is 3.37. The van der Waals surface area contributed by atoms with Crippen LogP contribution in [0.2, 0.25) is 0 Å². The van der Waals surface area contributed by atoms with Crippen molar-refractivity contribution in [2.24, 2.45) is 14.1 Å². The third-order valence-electron chi connectivity index (χ3n) is 5.43. The van der Waals surface area contributed by atoms with Gasteiger partial charge in [-0.15, -0.1) is 22.7 Å². The van der Waals surface area contributed by atoms with Crippen LogP contribution >= 0.6 is 34.3 Å². The molecule has 6 aromatic rings. The Kier molecular flexibility index (Phi) is 9.29. The molecule has 15 heteroatoms. The van der Waals surface area contributed by atoms with Gasteiger partial charge in [-0.05, 0) is 48.0 Å². The normalized spacial score (nSPS) is 10.3. The van der Waals surface area contributed by atoms with Crippen molar-refractivity contribution in [1.29, 1.82) is 0 Å². The molecule has 4 heterocycles. The summed E-state index contributed by atoms with van der Waals surface area (Å²) in [5.74, 6) is -0.274. The molecule has 0 saturated heterocycles. The second kappa shape index (κ2) is 13.0. The van der Waals surface area contributed by atoms with E-state index in [1.54, 1.807) is 56.1 Å². The third kappa shape index (κ3) is 7.25. The number of hydrogen-bond acceptors (Lipinski definition) is 11. The van der Waals surface area contributed by atoms with E-state index in [2.05, 4.69) is 25.3 Å². The molecule has 0 saturated carbocycles. The highest BCUT2D eigenvalue weighted by Gasteiger charge is 2.10. The Morgan fingerprint density at radius 3 is 1.80 bits per heavy atom. The first-order valence-electron chi connectivity index (χ1n) is 11.6. The first-order chi connectivity index (χ1) is 19.6. The van der Waals surface area contributed by atoms with Crippen molar-refractivity contribution in [1.82, 2.24) is 29.1 Å². The summed E-state index contributed by atoms with van der Waals surface area (Å²) in [7, 11) is 3.26. The lowest BCUT2D eigenvalue weighted by Crippen LogP contribution is -2.17. The summed E-state index contributed by atoms with van der Waals surface area (Å²) in [5.41, 5.74) is 6.66. The molecule has 0 bridgehead atoms. The minimum absolute atomic E-state index is 0.137. The molecule has 0 aliphatic rings. The van der Waals surface area contributed by atoms with Crippen LogP contribution in [-0.2, 0) is 14.1 Å². The largest absolute Gasteiger partial charge is 0.375 e. The molecule has 0 spiro atoms. The summed E-state index contributed by atoms with van der Waals surface area (Å²) < 4.78 is 2.78. The topological polar surface area (TPSA) is 168 Å². The van der Waals surface area contributed by atoms with Gasteiger partial charge in [-0.3, -0.25) is 24.5 Å². The van der Waals surface area contributed by atoms with Crippen LogP contribution in [0.3, 0.4) is 0 Å². The van der Waals surface area contributed by atoms with Crippen LogP contribution in [0.25, 0.3) is 21.8 Å². The molecule has 0 aliphatic heterocycles. The Labute approximate surface area is 244 Å². The number of nitrogen functional groups attached to an aromatic ring is 1. The minimum Gasteiger partial charge on any atom is -0.375 e. The molecule has 0 radical (unpaired) electrons. The van der Waals surface area contributed by atoms with Crippen molar-refractivity contribution in [2.75, 3.05) is 11.1 Å². The van der Waals surface area contributed by atoms with Gasteiger partial charge in [-0.1, -0.05) is 0 Å². The third-order valence-corrected chi connectivity index (χ3v) is 6.94. The number of amides is 1. The van der Waals surface area contributed by atoms with Gasteiger partial charge in [0.05, 0.1) is 34.5 Å². The lowest BCUT2D eigenvalue weighted by molar-refractivity contribution is 0.102. The van der Waals surface area contributed by atoms with Gasteiger partial charge < -0.3 is 14.9 Å². The van der Waals surface area contributed by atoms with E-state index >= 15 is 0 Å². The van der Waals surface area contributed by atoms with Crippen LogP contribution in [-0.4, -0.2) is 40.2 Å². The summed E-state index contributed by atoms with van der Waals surface area (Å²) in [5, 5.41) is 7.88. The Balaban J connectivity index is 0.000000161. The number of fused-ring (bicyclic) bond motifs is 2. The molecule has 41 heavy (non-hydrogen) atoms. The molecular formula is C26H21ClN8O4S2. The van der Waals surface area contributed by atoms with Gasteiger partial charge in [0.25, 0.3) is 22.3 Å². The highest BCUT2D eigenvalue weighted by Crippen LogP contribution is 2.15. The molecule has 0 fully saturated rings. The van der Waals surface area contributed by atoms with Gasteiger partial charge in [0.2, 0.25) is 0 Å². The predicted octanol–water partition coefficient (Wildman–Crippen LogP) is 3.68. The van der Waals surface area contributed by atoms with Gasteiger partial charge in [0.1, 0.15) is 0 Å². The van der Waals surface area contributed by atoms with E-state index in [1.807, 2.05) is 5.38 Å². The van der Waals surface area contributed by atoms with E-state index < -0.39 is 5.24 Å². The quantitative estimate of drug-likeness (QED) is 0.285. The van der Waals surface area contributed by atoms with Crippen LogP contribution in [0, 0.1) is 0 Å². The van der Waals surface area contributed by atoms with Gasteiger partial charge in [0, 0.05) is 48.4 Å². The van der Waals surface area contributed by atoms with E-state index in [1.165, 1.54) is 56.6 Å². The fourth-order valence-corrected chi connectivity index (χ4v) is 4.40. The average molecular weight is 609 g/mol. The predicted molar refractivity (Wildman–Crippen MR) is 161 cm³/mol. The second-order valence-corrected chi connectivity index (χ2v) is 10.4. The highest BCUT2D eigenvalue weighted by atomic mass is 35.5. The summed E-state index contributed by atoms with van der Waals surface area (Å²) in [6, 6.07) is 9.39. The number of rotatable bonds is 3. The molecule has 208 valence electrons. The van der Waals surface area contributed by atoms with Crippen LogP contribution in [0.5, 0.6) is 0 Å². The Hall–Kier alpha value is -4.79. The van der Waals surface area contributed by atoms with Crippen LogP contribution in [0.4, 0.5) is 10.3 Å². The summed E-state index contributed by atoms with van der Waals surface area (Å²) in [4.78, 5) is 62.3. The van der Waals surface area contributed by atoms with E-state index in [9.17, 15) is 19.2 Å². The summed E-state index contributed by atoms with van der Waals surface area (Å²) in [6.07, 6.45) is 6.15. The molecule has 12 nitrogen and oxygen atoms in total. The van der Waals surface area contributed by atoms with Crippen molar-refractivity contribution >= 4 is 77.5 Å². The zero-order valence-electron chi connectivity index (χ0n) is 21.5. The molecule has 1 amide bonds. The number of benzene rings is 2. The van der Waals surface area contributed by atoms with Gasteiger partial charge in [-0.25, -0.2) is 19.9 Å². The van der Waals surface area contributed by atoms with Crippen LogP contribution < -0.4 is 22.2 Å². The van der Waals surface area contributed by atoms with Crippen molar-refractivity contribution in [2.45, 2.75) is 0 Å². The van der Waals surface area contributed by atoms with E-state index in [0.717, 1.165) is 0 Å². The van der Waals surface area contributed by atoms with E-state index in [-0.39, 0.29) is 17.0 Å². The number of halogens is 1. The van der Waals surface area contributed by atoms with E-state index in [4.69, 9.17) is 17.3 Å². The molecular weight excluding hydrogens is 588 g/mol. The maximum Gasteiger partial charge on any atom is 0.260 e. The van der Waals surface area contributed by atoms with Gasteiger partial charge >= 0.3 is 0 Å². The molecule has 4 aromatic heterocycles. The number of carbonyl (C=O) groups excluding carboxylic acids is 2. The van der Waals surface area contributed by atoms with Crippen molar-refractivity contribution in [3.05, 3.63) is 104 Å². The summed E-state index contributed by atoms with van der Waals surface area (Å²) in [6.45, 7) is 0. The number of aromatic nitrogens is 6. The van der Waals surface area contributed by atoms with Crippen molar-refractivity contribution in [3.8, 4) is 0 Å². The maximum atomic E-state index is 12.1. The number of hydrogen-bond donors (Lipinski definition) is 2. The second-order valence-electron chi connectivity index (χ2n) is 8.22. The Morgan fingerprint density at radius 2 is 1.34 bits per heavy atom. The number of nitrogens with zero attached hydrogens (tertiary/aromatic N) is 6. The molecule has 2 aromatic carbocycles. The number of carbonyl (C=O) groups is 2. The fraction of sp³-hybridized carbons (Fsp3) is 0.0769. The number of thiazole rings is 2. The minimum atomic E-state index is -0.556.